The molecule has 118 valence electrons. The minimum atomic E-state index is 0.302. The third kappa shape index (κ3) is 3.94. The van der Waals surface area contributed by atoms with E-state index in [0.717, 1.165) is 52.2 Å². The lowest BCUT2D eigenvalue weighted by molar-refractivity contribution is -0.0118. The molecule has 20 heavy (non-hydrogen) atoms. The molecule has 0 aromatic heterocycles. The predicted octanol–water partition coefficient (Wildman–Crippen LogP) is 1.49. The van der Waals surface area contributed by atoms with E-state index in [1.54, 1.807) is 0 Å². The molecule has 2 atom stereocenters. The fraction of sp³-hybridized carbons (Fsp3) is 1.00. The predicted molar refractivity (Wildman–Crippen MR) is 81.9 cm³/mol. The maximum atomic E-state index is 9.65. The Morgan fingerprint density at radius 1 is 1.35 bits per heavy atom. The van der Waals surface area contributed by atoms with Crippen LogP contribution in [0.4, 0.5) is 0 Å². The zero-order valence-corrected chi connectivity index (χ0v) is 13.2. The van der Waals surface area contributed by atoms with Crippen LogP contribution in [0.1, 0.15) is 39.5 Å². The van der Waals surface area contributed by atoms with Crippen LogP contribution in [0.15, 0.2) is 0 Å². The third-order valence-electron chi connectivity index (χ3n) is 5.20. The summed E-state index contributed by atoms with van der Waals surface area (Å²) in [6.45, 7) is 11.0. The van der Waals surface area contributed by atoms with E-state index in [9.17, 15) is 5.11 Å². The summed E-state index contributed by atoms with van der Waals surface area (Å²) in [7, 11) is 0. The number of aliphatic hydroxyl groups is 1. The van der Waals surface area contributed by atoms with Crippen molar-refractivity contribution in [3.63, 3.8) is 0 Å². The van der Waals surface area contributed by atoms with E-state index in [4.69, 9.17) is 4.74 Å². The van der Waals surface area contributed by atoms with Crippen molar-refractivity contribution < 1.29 is 9.84 Å². The molecule has 4 heteroatoms. The van der Waals surface area contributed by atoms with Crippen LogP contribution in [-0.2, 0) is 4.74 Å². The lowest BCUT2D eigenvalue weighted by atomic mass is 9.79. The highest BCUT2D eigenvalue weighted by Gasteiger charge is 2.39. The van der Waals surface area contributed by atoms with Gasteiger partial charge >= 0.3 is 0 Å². The van der Waals surface area contributed by atoms with E-state index >= 15 is 0 Å². The molecule has 0 bridgehead atoms. The molecule has 2 saturated heterocycles. The Morgan fingerprint density at radius 3 is 2.75 bits per heavy atom. The molecule has 0 spiro atoms. The van der Waals surface area contributed by atoms with Crippen molar-refractivity contribution in [2.75, 3.05) is 46.0 Å². The molecule has 0 aromatic carbocycles. The second-order valence-electron chi connectivity index (χ2n) is 6.78. The van der Waals surface area contributed by atoms with E-state index in [1.807, 2.05) is 0 Å². The number of nitrogens with one attached hydrogen (secondary N) is 1. The van der Waals surface area contributed by atoms with Crippen molar-refractivity contribution in [2.45, 2.75) is 45.6 Å². The summed E-state index contributed by atoms with van der Waals surface area (Å²) in [4.78, 5) is 2.53. The van der Waals surface area contributed by atoms with Crippen molar-refractivity contribution >= 4 is 0 Å². The molecule has 0 saturated carbocycles. The molecule has 2 aliphatic rings. The molecule has 2 unspecified atom stereocenters. The van der Waals surface area contributed by atoms with Crippen LogP contribution in [0, 0.1) is 11.3 Å². The van der Waals surface area contributed by atoms with Crippen LogP contribution < -0.4 is 5.32 Å². The Balaban J connectivity index is 1.96. The van der Waals surface area contributed by atoms with Gasteiger partial charge in [0.1, 0.15) is 0 Å². The topological polar surface area (TPSA) is 44.7 Å². The smallest absolute Gasteiger partial charge is 0.0589 e. The van der Waals surface area contributed by atoms with E-state index < -0.39 is 0 Å². The van der Waals surface area contributed by atoms with E-state index in [-0.39, 0.29) is 0 Å². The molecule has 2 N–H and O–H groups in total. The fourth-order valence-corrected chi connectivity index (χ4v) is 3.74. The largest absolute Gasteiger partial charge is 0.395 e. The number of nitrogens with zero attached hydrogens (tertiary/aromatic N) is 1. The summed E-state index contributed by atoms with van der Waals surface area (Å²) in [5, 5.41) is 13.3. The minimum Gasteiger partial charge on any atom is -0.395 e. The monoisotopic (exact) mass is 284 g/mol. The van der Waals surface area contributed by atoms with Crippen LogP contribution in [0.25, 0.3) is 0 Å². The van der Waals surface area contributed by atoms with Gasteiger partial charge in [0.15, 0.2) is 0 Å². The first-order valence-electron chi connectivity index (χ1n) is 8.34. The zero-order valence-electron chi connectivity index (χ0n) is 13.2. The molecule has 2 heterocycles. The summed E-state index contributed by atoms with van der Waals surface area (Å²) < 4.78 is 5.57. The standard InChI is InChI=1S/C16H32N2O2/c1-3-7-17-12-16(5-9-20-10-6-16)13-18-8-4-14(2)15(18)11-19/h14-15,17,19H,3-13H2,1-2H3. The second-order valence-corrected chi connectivity index (χ2v) is 6.78. The van der Waals surface area contributed by atoms with Crippen molar-refractivity contribution in [1.29, 1.82) is 0 Å². The van der Waals surface area contributed by atoms with Crippen LogP contribution in [-0.4, -0.2) is 62.0 Å². The molecule has 2 rings (SSSR count). The normalized spacial score (nSPS) is 30.8. The molecule has 0 radical (unpaired) electrons. The zero-order chi connectivity index (χ0) is 14.4. The van der Waals surface area contributed by atoms with Gasteiger partial charge in [-0.2, -0.15) is 0 Å². The molecule has 2 aliphatic heterocycles. The summed E-state index contributed by atoms with van der Waals surface area (Å²) in [6.07, 6.45) is 4.70. The fourth-order valence-electron chi connectivity index (χ4n) is 3.74. The lowest BCUT2D eigenvalue weighted by Gasteiger charge is -2.42. The van der Waals surface area contributed by atoms with Gasteiger partial charge in [-0.25, -0.2) is 0 Å². The summed E-state index contributed by atoms with van der Waals surface area (Å²) >= 11 is 0. The number of hydrogen-bond donors (Lipinski definition) is 2. The van der Waals surface area contributed by atoms with E-state index in [1.165, 1.54) is 12.8 Å². The van der Waals surface area contributed by atoms with Gasteiger partial charge in [-0.1, -0.05) is 13.8 Å². The van der Waals surface area contributed by atoms with Gasteiger partial charge in [-0.15, -0.1) is 0 Å². The SMILES string of the molecule is CCCNCC1(CN2CCC(C)C2CO)CCOCC1. The Bertz CT molecular complexity index is 280. The summed E-state index contributed by atoms with van der Waals surface area (Å²) in [5.74, 6) is 0.625. The van der Waals surface area contributed by atoms with Crippen LogP contribution in [0.3, 0.4) is 0 Å². The van der Waals surface area contributed by atoms with Gasteiger partial charge in [-0.3, -0.25) is 4.90 Å². The number of hydrogen-bond acceptors (Lipinski definition) is 4. The second kappa shape index (κ2) is 7.74. The molecule has 0 amide bonds. The van der Waals surface area contributed by atoms with Gasteiger partial charge in [0.2, 0.25) is 0 Å². The molecular formula is C16H32N2O2. The van der Waals surface area contributed by atoms with Gasteiger partial charge in [0.05, 0.1) is 6.61 Å². The molecule has 0 aliphatic carbocycles. The molecular weight excluding hydrogens is 252 g/mol. The van der Waals surface area contributed by atoms with Crippen molar-refractivity contribution in [3.8, 4) is 0 Å². The van der Waals surface area contributed by atoms with E-state index in [0.29, 0.717) is 24.0 Å². The van der Waals surface area contributed by atoms with Gasteiger partial charge in [0.25, 0.3) is 0 Å². The Labute approximate surface area is 123 Å². The summed E-state index contributed by atoms with van der Waals surface area (Å²) in [6, 6.07) is 0.362. The highest BCUT2D eigenvalue weighted by atomic mass is 16.5. The number of aliphatic hydroxyl groups excluding tert-OH is 1. The minimum absolute atomic E-state index is 0.302. The first-order valence-corrected chi connectivity index (χ1v) is 8.34. The van der Waals surface area contributed by atoms with E-state index in [2.05, 4.69) is 24.1 Å². The average molecular weight is 284 g/mol. The molecule has 4 nitrogen and oxygen atoms in total. The number of ether oxygens (including phenoxy) is 1. The Kier molecular flexibility index (Phi) is 6.27. The average Bonchev–Trinajstić information content (AvgIpc) is 2.80. The van der Waals surface area contributed by atoms with Gasteiger partial charge in [0, 0.05) is 32.3 Å². The Hall–Kier alpha value is -0.160. The highest BCUT2D eigenvalue weighted by molar-refractivity contribution is 4.92. The maximum Gasteiger partial charge on any atom is 0.0589 e. The summed E-state index contributed by atoms with van der Waals surface area (Å²) in [5.41, 5.74) is 0.338. The maximum absolute atomic E-state index is 9.65. The van der Waals surface area contributed by atoms with Gasteiger partial charge in [-0.05, 0) is 50.1 Å². The lowest BCUT2D eigenvalue weighted by Crippen LogP contribution is -2.49. The number of likely N-dealkylation sites (tertiary alicyclic amines) is 1. The molecule has 0 aromatic rings. The quantitative estimate of drug-likeness (QED) is 0.695. The third-order valence-corrected chi connectivity index (χ3v) is 5.20. The van der Waals surface area contributed by atoms with Crippen LogP contribution in [0.2, 0.25) is 0 Å². The van der Waals surface area contributed by atoms with Gasteiger partial charge < -0.3 is 15.2 Å². The molecule has 2 fully saturated rings. The number of rotatable bonds is 7. The van der Waals surface area contributed by atoms with Crippen LogP contribution >= 0.6 is 0 Å². The van der Waals surface area contributed by atoms with Crippen LogP contribution in [0.5, 0.6) is 0 Å². The van der Waals surface area contributed by atoms with Crippen molar-refractivity contribution in [1.82, 2.24) is 10.2 Å². The van der Waals surface area contributed by atoms with Crippen molar-refractivity contribution in [3.05, 3.63) is 0 Å². The highest BCUT2D eigenvalue weighted by Crippen LogP contribution is 2.34. The van der Waals surface area contributed by atoms with Crippen molar-refractivity contribution in [2.24, 2.45) is 11.3 Å². The first-order chi connectivity index (χ1) is 9.71. The Morgan fingerprint density at radius 2 is 2.10 bits per heavy atom. The first kappa shape index (κ1) is 16.2.